The lowest BCUT2D eigenvalue weighted by atomic mass is 10.2. The molecule has 1 heterocycles. The van der Waals surface area contributed by atoms with Gasteiger partial charge in [-0.1, -0.05) is 0 Å². The predicted molar refractivity (Wildman–Crippen MR) is 68.9 cm³/mol. The monoisotopic (exact) mass is 265 g/mol. The van der Waals surface area contributed by atoms with E-state index in [9.17, 15) is 9.59 Å². The van der Waals surface area contributed by atoms with E-state index >= 15 is 0 Å². The first-order valence-corrected chi connectivity index (χ1v) is 5.52. The molecule has 1 rings (SSSR count). The maximum Gasteiger partial charge on any atom is 0.376 e. The molecule has 0 bridgehead atoms. The Hall–Kier alpha value is -2.28. The molecule has 0 aliphatic rings. The quantitative estimate of drug-likeness (QED) is 0.557. The normalized spacial score (nSPS) is 10.6. The third-order valence-corrected chi connectivity index (χ3v) is 2.27. The van der Waals surface area contributed by atoms with Gasteiger partial charge in [0.15, 0.2) is 0 Å². The largest absolute Gasteiger partial charge is 0.475 e. The summed E-state index contributed by atoms with van der Waals surface area (Å²) in [5.41, 5.74) is 0.554. The van der Waals surface area contributed by atoms with Gasteiger partial charge in [-0.3, -0.25) is 4.79 Å². The molecule has 7 heteroatoms. The van der Waals surface area contributed by atoms with E-state index in [0.717, 1.165) is 6.08 Å². The number of hydrogen-bond acceptors (Lipinski definition) is 6. The predicted octanol–water partition coefficient (Wildman–Crippen LogP) is 0.226. The molecule has 0 unspecified atom stereocenters. The maximum absolute atomic E-state index is 10.9. The van der Waals surface area contributed by atoms with Crippen LogP contribution in [0.3, 0.4) is 0 Å². The third kappa shape index (κ3) is 4.84. The highest BCUT2D eigenvalue weighted by Gasteiger charge is 2.06. The van der Waals surface area contributed by atoms with Crippen LogP contribution in [-0.2, 0) is 14.3 Å². The minimum absolute atomic E-state index is 0.527. The van der Waals surface area contributed by atoms with Gasteiger partial charge in [0.25, 0.3) is 5.78 Å². The van der Waals surface area contributed by atoms with Crippen LogP contribution in [-0.4, -0.2) is 54.1 Å². The summed E-state index contributed by atoms with van der Waals surface area (Å²) in [7, 11) is 3.44. The first-order valence-electron chi connectivity index (χ1n) is 5.52. The Morgan fingerprint density at radius 3 is 2.58 bits per heavy atom. The maximum atomic E-state index is 10.9. The highest BCUT2D eigenvalue weighted by Crippen LogP contribution is 2.06. The van der Waals surface area contributed by atoms with Crippen LogP contribution in [0.5, 0.6) is 0 Å². The summed E-state index contributed by atoms with van der Waals surface area (Å²) in [6, 6.07) is 0. The summed E-state index contributed by atoms with van der Waals surface area (Å²) in [4.78, 5) is 31.2. The average molecular weight is 265 g/mol. The molecular formula is C12H15N3O4. The molecule has 102 valence electrons. The number of carbonyl (C=O) groups excluding carboxylic acids is 1. The number of anilines is 1. The number of aliphatic carboxylic acids is 1. The third-order valence-electron chi connectivity index (χ3n) is 2.27. The summed E-state index contributed by atoms with van der Waals surface area (Å²) < 4.78 is 4.94. The minimum Gasteiger partial charge on any atom is -0.475 e. The van der Waals surface area contributed by atoms with E-state index < -0.39 is 11.8 Å². The highest BCUT2D eigenvalue weighted by atomic mass is 16.5. The van der Waals surface area contributed by atoms with Gasteiger partial charge in [0.2, 0.25) is 5.95 Å². The van der Waals surface area contributed by atoms with Crippen molar-refractivity contribution in [1.29, 1.82) is 0 Å². The van der Waals surface area contributed by atoms with Crippen LogP contribution in [0, 0.1) is 0 Å². The molecule has 0 saturated carbocycles. The molecule has 0 saturated heterocycles. The Morgan fingerprint density at radius 2 is 2.05 bits per heavy atom. The van der Waals surface area contributed by atoms with Crippen molar-refractivity contribution < 1.29 is 19.4 Å². The van der Waals surface area contributed by atoms with E-state index in [1.165, 1.54) is 18.5 Å². The number of rotatable bonds is 7. The van der Waals surface area contributed by atoms with Crippen molar-refractivity contribution in [2.24, 2.45) is 0 Å². The molecule has 0 spiro atoms. The number of likely N-dealkylation sites (N-methyl/N-ethyl adjacent to an activating group) is 1. The Balaban J connectivity index is 2.66. The SMILES string of the molecule is COCCN(C)c1ncc(/C=C/C(=O)C(=O)O)cn1. The number of hydrogen-bond donors (Lipinski definition) is 1. The fourth-order valence-corrected chi connectivity index (χ4v) is 1.19. The number of methoxy groups -OCH3 is 1. The Labute approximate surface area is 110 Å². The Kier molecular flexibility index (Phi) is 5.62. The van der Waals surface area contributed by atoms with Crippen LogP contribution in [0.15, 0.2) is 18.5 Å². The number of carboxylic acids is 1. The summed E-state index contributed by atoms with van der Waals surface area (Å²) in [6.07, 6.45) is 5.35. The fraction of sp³-hybridized carbons (Fsp3) is 0.333. The summed E-state index contributed by atoms with van der Waals surface area (Å²) in [5.74, 6) is -1.95. The topological polar surface area (TPSA) is 92.6 Å². The van der Waals surface area contributed by atoms with Gasteiger partial charge in [-0.15, -0.1) is 0 Å². The molecule has 0 radical (unpaired) electrons. The van der Waals surface area contributed by atoms with Crippen LogP contribution < -0.4 is 4.90 Å². The van der Waals surface area contributed by atoms with Gasteiger partial charge in [0, 0.05) is 38.7 Å². The van der Waals surface area contributed by atoms with Crippen molar-refractivity contribution in [2.75, 3.05) is 32.2 Å². The van der Waals surface area contributed by atoms with Gasteiger partial charge in [-0.2, -0.15) is 0 Å². The lowest BCUT2D eigenvalue weighted by Gasteiger charge is -2.15. The molecular weight excluding hydrogens is 250 g/mol. The molecule has 1 aromatic rings. The van der Waals surface area contributed by atoms with Crippen molar-refractivity contribution in [3.8, 4) is 0 Å². The van der Waals surface area contributed by atoms with E-state index in [0.29, 0.717) is 24.7 Å². The highest BCUT2D eigenvalue weighted by molar-refractivity contribution is 6.38. The summed E-state index contributed by atoms with van der Waals surface area (Å²) >= 11 is 0. The molecule has 19 heavy (non-hydrogen) atoms. The second-order valence-corrected chi connectivity index (χ2v) is 3.73. The van der Waals surface area contributed by atoms with Crippen LogP contribution in [0.25, 0.3) is 6.08 Å². The fourth-order valence-electron chi connectivity index (χ4n) is 1.19. The molecule has 0 amide bonds. The number of carboxylic acid groups (broad SMARTS) is 1. The van der Waals surface area contributed by atoms with Gasteiger partial charge in [0.05, 0.1) is 6.61 Å². The van der Waals surface area contributed by atoms with Crippen molar-refractivity contribution in [2.45, 2.75) is 0 Å². The second-order valence-electron chi connectivity index (χ2n) is 3.73. The van der Waals surface area contributed by atoms with Crippen molar-refractivity contribution in [3.05, 3.63) is 24.0 Å². The molecule has 1 N–H and O–H groups in total. The number of carbonyl (C=O) groups is 2. The van der Waals surface area contributed by atoms with E-state index in [1.54, 1.807) is 7.11 Å². The molecule has 0 aliphatic carbocycles. The zero-order chi connectivity index (χ0) is 14.3. The standard InChI is InChI=1S/C12H15N3O4/c1-15(5-6-19-2)12-13-7-9(8-14-12)3-4-10(16)11(17)18/h3-4,7-8H,5-6H2,1-2H3,(H,17,18)/b4-3+. The molecule has 0 fully saturated rings. The van der Waals surface area contributed by atoms with Gasteiger partial charge >= 0.3 is 5.97 Å². The second kappa shape index (κ2) is 7.22. The van der Waals surface area contributed by atoms with Gasteiger partial charge in [0.1, 0.15) is 0 Å². The zero-order valence-electron chi connectivity index (χ0n) is 10.7. The Bertz CT molecular complexity index is 470. The molecule has 0 atom stereocenters. The average Bonchev–Trinajstić information content (AvgIpc) is 2.42. The smallest absolute Gasteiger partial charge is 0.376 e. The number of nitrogens with zero attached hydrogens (tertiary/aromatic N) is 3. The number of ether oxygens (including phenoxy) is 1. The van der Waals surface area contributed by atoms with Crippen LogP contribution in [0.4, 0.5) is 5.95 Å². The lowest BCUT2D eigenvalue weighted by Crippen LogP contribution is -2.23. The molecule has 1 aromatic heterocycles. The van der Waals surface area contributed by atoms with Crippen molar-refractivity contribution >= 4 is 23.8 Å². The van der Waals surface area contributed by atoms with Crippen molar-refractivity contribution in [1.82, 2.24) is 9.97 Å². The molecule has 0 aromatic carbocycles. The van der Waals surface area contributed by atoms with E-state index in [1.807, 2.05) is 11.9 Å². The Morgan fingerprint density at radius 1 is 1.42 bits per heavy atom. The first kappa shape index (κ1) is 14.8. The van der Waals surface area contributed by atoms with Gasteiger partial charge in [-0.25, -0.2) is 14.8 Å². The lowest BCUT2D eigenvalue weighted by molar-refractivity contribution is -0.146. The summed E-state index contributed by atoms with van der Waals surface area (Å²) in [5, 5.41) is 8.41. The minimum atomic E-state index is -1.49. The van der Waals surface area contributed by atoms with Gasteiger partial charge in [-0.05, 0) is 12.2 Å². The van der Waals surface area contributed by atoms with Gasteiger partial charge < -0.3 is 14.7 Å². The van der Waals surface area contributed by atoms with Crippen molar-refractivity contribution in [3.63, 3.8) is 0 Å². The number of aromatic nitrogens is 2. The molecule has 7 nitrogen and oxygen atoms in total. The first-order chi connectivity index (χ1) is 9.04. The zero-order valence-corrected chi connectivity index (χ0v) is 10.7. The van der Waals surface area contributed by atoms with E-state index in [4.69, 9.17) is 9.84 Å². The van der Waals surface area contributed by atoms with E-state index in [-0.39, 0.29) is 0 Å². The van der Waals surface area contributed by atoms with Crippen LogP contribution >= 0.6 is 0 Å². The molecule has 0 aliphatic heterocycles. The summed E-state index contributed by atoms with van der Waals surface area (Å²) in [6.45, 7) is 1.22. The van der Waals surface area contributed by atoms with Crippen LogP contribution in [0.1, 0.15) is 5.56 Å². The van der Waals surface area contributed by atoms with Crippen LogP contribution in [0.2, 0.25) is 0 Å². The van der Waals surface area contributed by atoms with E-state index in [2.05, 4.69) is 9.97 Å². The number of ketones is 1.